The second kappa shape index (κ2) is 8.81. The van der Waals surface area contributed by atoms with E-state index in [4.69, 9.17) is 4.74 Å². The molecule has 0 radical (unpaired) electrons. The first-order valence-electron chi connectivity index (χ1n) is 6.95. The standard InChI is InChI=1S/C16H21NO5/c1-11-4-6-12(7-5-11)17-14(16(20)22-3)10-13(18)8-9-15(19)21-2/h4-7,14,17H,8-10H2,1-3H3. The molecule has 0 aliphatic rings. The molecular formula is C16H21NO5. The third kappa shape index (κ3) is 5.95. The van der Waals surface area contributed by atoms with Gasteiger partial charge in [0.15, 0.2) is 0 Å². The Balaban J connectivity index is 2.64. The van der Waals surface area contributed by atoms with Gasteiger partial charge in [-0.15, -0.1) is 0 Å². The van der Waals surface area contributed by atoms with Gasteiger partial charge in [0, 0.05) is 18.5 Å². The molecule has 0 amide bonds. The van der Waals surface area contributed by atoms with Gasteiger partial charge < -0.3 is 14.8 Å². The van der Waals surface area contributed by atoms with Crippen LogP contribution in [0.2, 0.25) is 0 Å². The van der Waals surface area contributed by atoms with Crippen LogP contribution < -0.4 is 5.32 Å². The molecule has 1 aromatic rings. The number of rotatable bonds is 8. The van der Waals surface area contributed by atoms with Crippen molar-refractivity contribution < 1.29 is 23.9 Å². The fraction of sp³-hybridized carbons (Fsp3) is 0.438. The highest BCUT2D eigenvalue weighted by Crippen LogP contribution is 2.13. The average molecular weight is 307 g/mol. The van der Waals surface area contributed by atoms with Crippen molar-refractivity contribution in [2.45, 2.75) is 32.2 Å². The SMILES string of the molecule is COC(=O)CCC(=O)CC(Nc1ccc(C)cc1)C(=O)OC. The van der Waals surface area contributed by atoms with Crippen LogP contribution in [0.15, 0.2) is 24.3 Å². The van der Waals surface area contributed by atoms with Crippen LogP contribution in [0, 0.1) is 6.92 Å². The number of ether oxygens (including phenoxy) is 2. The molecular weight excluding hydrogens is 286 g/mol. The number of benzene rings is 1. The molecule has 1 unspecified atom stereocenters. The van der Waals surface area contributed by atoms with E-state index in [-0.39, 0.29) is 25.0 Å². The van der Waals surface area contributed by atoms with Gasteiger partial charge >= 0.3 is 11.9 Å². The number of Topliss-reactive ketones (excluding diaryl/α,β-unsaturated/α-hetero) is 1. The number of ketones is 1. The van der Waals surface area contributed by atoms with Crippen LogP contribution in [0.3, 0.4) is 0 Å². The van der Waals surface area contributed by atoms with Crippen molar-refractivity contribution in [1.82, 2.24) is 0 Å². The van der Waals surface area contributed by atoms with Crippen molar-refractivity contribution in [2.24, 2.45) is 0 Å². The van der Waals surface area contributed by atoms with E-state index in [1.807, 2.05) is 31.2 Å². The molecule has 0 aliphatic heterocycles. The van der Waals surface area contributed by atoms with Gasteiger partial charge in [0.25, 0.3) is 0 Å². The van der Waals surface area contributed by atoms with Gasteiger partial charge in [0.1, 0.15) is 11.8 Å². The number of nitrogens with one attached hydrogen (secondary N) is 1. The fourth-order valence-corrected chi connectivity index (χ4v) is 1.86. The lowest BCUT2D eigenvalue weighted by Gasteiger charge is -2.17. The van der Waals surface area contributed by atoms with E-state index in [0.29, 0.717) is 0 Å². The summed E-state index contributed by atoms with van der Waals surface area (Å²) < 4.78 is 9.19. The van der Waals surface area contributed by atoms with Crippen LogP contribution in [0.25, 0.3) is 0 Å². The predicted molar refractivity (Wildman–Crippen MR) is 81.5 cm³/mol. The minimum Gasteiger partial charge on any atom is -0.469 e. The van der Waals surface area contributed by atoms with Gasteiger partial charge in [-0.2, -0.15) is 0 Å². The Hall–Kier alpha value is -2.37. The van der Waals surface area contributed by atoms with Crippen LogP contribution in [-0.2, 0) is 23.9 Å². The third-order valence-electron chi connectivity index (χ3n) is 3.15. The maximum absolute atomic E-state index is 11.9. The minimum absolute atomic E-state index is 0.00770. The minimum atomic E-state index is -0.780. The molecule has 22 heavy (non-hydrogen) atoms. The number of anilines is 1. The molecule has 1 rings (SSSR count). The van der Waals surface area contributed by atoms with Crippen molar-refractivity contribution in [2.75, 3.05) is 19.5 Å². The van der Waals surface area contributed by atoms with E-state index in [2.05, 4.69) is 10.1 Å². The number of hydrogen-bond donors (Lipinski definition) is 1. The Morgan fingerprint density at radius 1 is 1.05 bits per heavy atom. The van der Waals surface area contributed by atoms with Crippen molar-refractivity contribution in [3.05, 3.63) is 29.8 Å². The molecule has 0 aromatic heterocycles. The smallest absolute Gasteiger partial charge is 0.328 e. The number of methoxy groups -OCH3 is 2. The summed E-state index contributed by atoms with van der Waals surface area (Å²) in [6.07, 6.45) is 0.00104. The summed E-state index contributed by atoms with van der Waals surface area (Å²) in [5.41, 5.74) is 1.82. The van der Waals surface area contributed by atoms with E-state index >= 15 is 0 Å². The van der Waals surface area contributed by atoms with E-state index < -0.39 is 18.0 Å². The lowest BCUT2D eigenvalue weighted by atomic mass is 10.1. The first kappa shape index (κ1) is 17.7. The zero-order chi connectivity index (χ0) is 16.5. The first-order chi connectivity index (χ1) is 10.5. The Labute approximate surface area is 129 Å². The molecule has 0 heterocycles. The summed E-state index contributed by atoms with van der Waals surface area (Å²) in [5.74, 6) is -1.18. The summed E-state index contributed by atoms with van der Waals surface area (Å²) in [7, 11) is 2.54. The molecule has 6 nitrogen and oxygen atoms in total. The van der Waals surface area contributed by atoms with E-state index in [0.717, 1.165) is 11.3 Å². The van der Waals surface area contributed by atoms with Crippen molar-refractivity contribution >= 4 is 23.4 Å². The fourth-order valence-electron chi connectivity index (χ4n) is 1.86. The molecule has 1 atom stereocenters. The zero-order valence-electron chi connectivity index (χ0n) is 13.0. The number of carbonyl (C=O) groups excluding carboxylic acids is 3. The van der Waals surface area contributed by atoms with Crippen LogP contribution in [0.5, 0.6) is 0 Å². The monoisotopic (exact) mass is 307 g/mol. The molecule has 0 fully saturated rings. The van der Waals surface area contributed by atoms with Gasteiger partial charge in [0.05, 0.1) is 20.6 Å². The van der Waals surface area contributed by atoms with Crippen molar-refractivity contribution in [1.29, 1.82) is 0 Å². The van der Waals surface area contributed by atoms with Crippen LogP contribution in [0.4, 0.5) is 5.69 Å². The average Bonchev–Trinajstić information content (AvgIpc) is 2.53. The Bertz CT molecular complexity index is 524. The number of aryl methyl sites for hydroxylation is 1. The van der Waals surface area contributed by atoms with Crippen LogP contribution >= 0.6 is 0 Å². The summed E-state index contributed by atoms with van der Waals surface area (Å²) in [6.45, 7) is 1.96. The summed E-state index contributed by atoms with van der Waals surface area (Å²) in [5, 5.41) is 2.98. The van der Waals surface area contributed by atoms with E-state index in [1.165, 1.54) is 14.2 Å². The Morgan fingerprint density at radius 2 is 1.68 bits per heavy atom. The van der Waals surface area contributed by atoms with E-state index in [1.54, 1.807) is 0 Å². The maximum Gasteiger partial charge on any atom is 0.328 e. The maximum atomic E-state index is 11.9. The van der Waals surface area contributed by atoms with Crippen LogP contribution in [0.1, 0.15) is 24.8 Å². The predicted octanol–water partition coefficient (Wildman–Crippen LogP) is 1.86. The molecule has 120 valence electrons. The molecule has 1 aromatic carbocycles. The van der Waals surface area contributed by atoms with Crippen molar-refractivity contribution in [3.63, 3.8) is 0 Å². The second-order valence-corrected chi connectivity index (χ2v) is 4.91. The highest BCUT2D eigenvalue weighted by Gasteiger charge is 2.22. The summed E-state index contributed by atoms with van der Waals surface area (Å²) >= 11 is 0. The van der Waals surface area contributed by atoms with Gasteiger partial charge in [0.2, 0.25) is 0 Å². The highest BCUT2D eigenvalue weighted by atomic mass is 16.5. The summed E-state index contributed by atoms with van der Waals surface area (Å²) in [4.78, 5) is 34.7. The van der Waals surface area contributed by atoms with Gasteiger partial charge in [-0.3, -0.25) is 9.59 Å². The van der Waals surface area contributed by atoms with Gasteiger partial charge in [-0.05, 0) is 19.1 Å². The molecule has 0 spiro atoms. The lowest BCUT2D eigenvalue weighted by Crippen LogP contribution is -2.33. The molecule has 0 aliphatic carbocycles. The molecule has 1 N–H and O–H groups in total. The lowest BCUT2D eigenvalue weighted by molar-refractivity contribution is -0.143. The number of esters is 2. The van der Waals surface area contributed by atoms with Gasteiger partial charge in [-0.25, -0.2) is 4.79 Å². The Kier molecular flexibility index (Phi) is 7.08. The van der Waals surface area contributed by atoms with Gasteiger partial charge in [-0.1, -0.05) is 17.7 Å². The molecule has 0 bridgehead atoms. The second-order valence-electron chi connectivity index (χ2n) is 4.91. The Morgan fingerprint density at radius 3 is 2.23 bits per heavy atom. The topological polar surface area (TPSA) is 81.7 Å². The highest BCUT2D eigenvalue weighted by molar-refractivity contribution is 5.89. The number of carbonyl (C=O) groups is 3. The van der Waals surface area contributed by atoms with E-state index in [9.17, 15) is 14.4 Å². The van der Waals surface area contributed by atoms with Crippen LogP contribution in [-0.4, -0.2) is 38.0 Å². The number of hydrogen-bond acceptors (Lipinski definition) is 6. The first-order valence-corrected chi connectivity index (χ1v) is 6.95. The normalized spacial score (nSPS) is 11.4. The third-order valence-corrected chi connectivity index (χ3v) is 3.15. The zero-order valence-corrected chi connectivity index (χ0v) is 13.0. The van der Waals surface area contributed by atoms with Crippen molar-refractivity contribution in [3.8, 4) is 0 Å². The quantitative estimate of drug-likeness (QED) is 0.738. The molecule has 0 saturated carbocycles. The summed E-state index contributed by atoms with van der Waals surface area (Å²) in [6, 6.07) is 6.66. The molecule has 0 saturated heterocycles. The molecule has 6 heteroatoms. The largest absolute Gasteiger partial charge is 0.469 e.